The van der Waals surface area contributed by atoms with Crippen LogP contribution in [-0.2, 0) is 20.9 Å². The molecule has 146 valence electrons. The van der Waals surface area contributed by atoms with Gasteiger partial charge in [-0.3, -0.25) is 14.4 Å². The summed E-state index contributed by atoms with van der Waals surface area (Å²) >= 11 is 0. The van der Waals surface area contributed by atoms with Crippen molar-refractivity contribution in [1.29, 1.82) is 0 Å². The molecule has 0 aliphatic carbocycles. The lowest BCUT2D eigenvalue weighted by molar-refractivity contribution is -0.142. The van der Waals surface area contributed by atoms with E-state index in [2.05, 4.69) is 0 Å². The lowest BCUT2D eigenvalue weighted by Crippen LogP contribution is -2.47. The standard InChI is InChI=1S/C21H28N2O4/c1-15-5-7-16(8-6-15)13-22-14-17(12-19(22)24)21(27)23-11-3-2-4-18(23)9-10-20(25)26/h5-8,17-18H,2-4,9-14H2,1H3,(H,25,26). The normalized spacial score (nSPS) is 22.9. The van der Waals surface area contributed by atoms with Crippen LogP contribution in [0.3, 0.4) is 0 Å². The second-order valence-electron chi connectivity index (χ2n) is 7.77. The van der Waals surface area contributed by atoms with Crippen LogP contribution >= 0.6 is 0 Å². The van der Waals surface area contributed by atoms with Gasteiger partial charge in [-0.25, -0.2) is 0 Å². The topological polar surface area (TPSA) is 77.9 Å². The minimum Gasteiger partial charge on any atom is -0.481 e. The minimum absolute atomic E-state index is 0.0106. The number of carboxylic acid groups (broad SMARTS) is 1. The molecule has 1 aromatic rings. The van der Waals surface area contributed by atoms with Crippen molar-refractivity contribution in [2.75, 3.05) is 13.1 Å². The fraction of sp³-hybridized carbons (Fsp3) is 0.571. The number of hydrogen-bond acceptors (Lipinski definition) is 3. The molecule has 1 aromatic carbocycles. The van der Waals surface area contributed by atoms with Crippen LogP contribution in [0.25, 0.3) is 0 Å². The van der Waals surface area contributed by atoms with E-state index in [1.807, 2.05) is 36.1 Å². The molecule has 2 unspecified atom stereocenters. The van der Waals surface area contributed by atoms with Crippen molar-refractivity contribution in [3.63, 3.8) is 0 Å². The summed E-state index contributed by atoms with van der Waals surface area (Å²) in [6.45, 7) is 3.68. The number of benzene rings is 1. The van der Waals surface area contributed by atoms with Crippen molar-refractivity contribution < 1.29 is 19.5 Å². The Morgan fingerprint density at radius 3 is 2.63 bits per heavy atom. The van der Waals surface area contributed by atoms with Crippen molar-refractivity contribution in [3.05, 3.63) is 35.4 Å². The van der Waals surface area contributed by atoms with Crippen LogP contribution in [0.1, 0.15) is 49.7 Å². The summed E-state index contributed by atoms with van der Waals surface area (Å²) in [6, 6.07) is 8.08. The van der Waals surface area contributed by atoms with Gasteiger partial charge in [0.2, 0.25) is 11.8 Å². The molecule has 0 spiro atoms. The van der Waals surface area contributed by atoms with Gasteiger partial charge < -0.3 is 14.9 Å². The summed E-state index contributed by atoms with van der Waals surface area (Å²) in [5.41, 5.74) is 2.25. The van der Waals surface area contributed by atoms with Gasteiger partial charge >= 0.3 is 5.97 Å². The SMILES string of the molecule is Cc1ccc(CN2CC(C(=O)N3CCCCC3CCC(=O)O)CC2=O)cc1. The minimum atomic E-state index is -0.826. The monoisotopic (exact) mass is 372 g/mol. The fourth-order valence-corrected chi connectivity index (χ4v) is 4.12. The van der Waals surface area contributed by atoms with Gasteiger partial charge in [-0.2, -0.15) is 0 Å². The molecule has 2 aliphatic rings. The molecule has 2 atom stereocenters. The molecule has 0 saturated carbocycles. The highest BCUT2D eigenvalue weighted by Crippen LogP contribution is 2.27. The maximum atomic E-state index is 13.0. The number of hydrogen-bond donors (Lipinski definition) is 1. The first-order valence-corrected chi connectivity index (χ1v) is 9.79. The molecule has 0 bridgehead atoms. The van der Waals surface area contributed by atoms with Gasteiger partial charge in [0, 0.05) is 38.5 Å². The number of aliphatic carboxylic acids is 1. The number of aryl methyl sites for hydroxylation is 1. The van der Waals surface area contributed by atoms with Crippen molar-refractivity contribution in [2.24, 2.45) is 5.92 Å². The molecule has 2 saturated heterocycles. The van der Waals surface area contributed by atoms with Crippen LogP contribution < -0.4 is 0 Å². The first-order chi connectivity index (χ1) is 12.9. The smallest absolute Gasteiger partial charge is 0.303 e. The lowest BCUT2D eigenvalue weighted by atomic mass is 9.95. The lowest BCUT2D eigenvalue weighted by Gasteiger charge is -2.37. The molecule has 3 rings (SSSR count). The number of carboxylic acids is 1. The number of amides is 2. The molecule has 2 aliphatic heterocycles. The van der Waals surface area contributed by atoms with Gasteiger partial charge in [-0.15, -0.1) is 0 Å². The number of nitrogens with zero attached hydrogens (tertiary/aromatic N) is 2. The van der Waals surface area contributed by atoms with E-state index in [1.54, 1.807) is 4.90 Å². The van der Waals surface area contributed by atoms with Crippen LogP contribution in [0.15, 0.2) is 24.3 Å². The van der Waals surface area contributed by atoms with Gasteiger partial charge in [-0.05, 0) is 38.2 Å². The molecule has 27 heavy (non-hydrogen) atoms. The molecular formula is C21H28N2O4. The summed E-state index contributed by atoms with van der Waals surface area (Å²) in [6.07, 6.45) is 3.66. The average Bonchev–Trinajstić information content (AvgIpc) is 3.02. The van der Waals surface area contributed by atoms with E-state index < -0.39 is 5.97 Å². The van der Waals surface area contributed by atoms with Crippen LogP contribution in [0.5, 0.6) is 0 Å². The molecule has 0 aromatic heterocycles. The Balaban J connectivity index is 1.61. The second-order valence-corrected chi connectivity index (χ2v) is 7.77. The zero-order valence-electron chi connectivity index (χ0n) is 15.9. The maximum absolute atomic E-state index is 13.0. The summed E-state index contributed by atoms with van der Waals surface area (Å²) < 4.78 is 0. The van der Waals surface area contributed by atoms with E-state index in [1.165, 1.54) is 5.56 Å². The second kappa shape index (κ2) is 8.55. The summed E-state index contributed by atoms with van der Waals surface area (Å²) in [5.74, 6) is -1.10. The van der Waals surface area contributed by atoms with E-state index in [0.29, 0.717) is 26.1 Å². The van der Waals surface area contributed by atoms with Crippen LogP contribution in [-0.4, -0.2) is 51.8 Å². The summed E-state index contributed by atoms with van der Waals surface area (Å²) in [4.78, 5) is 40.0. The highest BCUT2D eigenvalue weighted by atomic mass is 16.4. The van der Waals surface area contributed by atoms with E-state index in [4.69, 9.17) is 5.11 Å². The van der Waals surface area contributed by atoms with Gasteiger partial charge in [0.15, 0.2) is 0 Å². The Kier molecular flexibility index (Phi) is 6.14. The van der Waals surface area contributed by atoms with Crippen LogP contribution in [0.4, 0.5) is 0 Å². The molecular weight excluding hydrogens is 344 g/mol. The number of piperidine rings is 1. The molecule has 1 N–H and O–H groups in total. The van der Waals surface area contributed by atoms with Gasteiger partial charge in [-0.1, -0.05) is 29.8 Å². The van der Waals surface area contributed by atoms with Gasteiger partial charge in [0.05, 0.1) is 5.92 Å². The zero-order chi connectivity index (χ0) is 19.4. The number of likely N-dealkylation sites (tertiary alicyclic amines) is 2. The fourth-order valence-electron chi connectivity index (χ4n) is 4.12. The molecule has 6 nitrogen and oxygen atoms in total. The number of carbonyl (C=O) groups excluding carboxylic acids is 2. The van der Waals surface area contributed by atoms with Crippen molar-refractivity contribution in [2.45, 2.75) is 58.0 Å². The van der Waals surface area contributed by atoms with Gasteiger partial charge in [0.25, 0.3) is 0 Å². The molecule has 6 heteroatoms. The van der Waals surface area contributed by atoms with E-state index >= 15 is 0 Å². The zero-order valence-corrected chi connectivity index (χ0v) is 15.9. The van der Waals surface area contributed by atoms with Gasteiger partial charge in [0.1, 0.15) is 0 Å². The van der Waals surface area contributed by atoms with Crippen LogP contribution in [0.2, 0.25) is 0 Å². The third-order valence-electron chi connectivity index (χ3n) is 5.66. The third-order valence-corrected chi connectivity index (χ3v) is 5.66. The Bertz CT molecular complexity index is 701. The molecule has 0 radical (unpaired) electrons. The highest BCUT2D eigenvalue weighted by molar-refractivity contribution is 5.89. The van der Waals surface area contributed by atoms with E-state index in [-0.39, 0.29) is 36.6 Å². The molecule has 2 heterocycles. The quantitative estimate of drug-likeness (QED) is 0.833. The van der Waals surface area contributed by atoms with Crippen molar-refractivity contribution in [1.82, 2.24) is 9.80 Å². The Morgan fingerprint density at radius 1 is 1.19 bits per heavy atom. The summed E-state index contributed by atoms with van der Waals surface area (Å²) in [5, 5.41) is 8.95. The summed E-state index contributed by atoms with van der Waals surface area (Å²) in [7, 11) is 0. The highest BCUT2D eigenvalue weighted by Gasteiger charge is 2.38. The Hall–Kier alpha value is -2.37. The van der Waals surface area contributed by atoms with Crippen LogP contribution in [0, 0.1) is 12.8 Å². The maximum Gasteiger partial charge on any atom is 0.303 e. The Morgan fingerprint density at radius 2 is 1.93 bits per heavy atom. The van der Waals surface area contributed by atoms with Crippen molar-refractivity contribution >= 4 is 17.8 Å². The molecule has 2 fully saturated rings. The van der Waals surface area contributed by atoms with E-state index in [9.17, 15) is 14.4 Å². The third kappa shape index (κ3) is 4.87. The predicted molar refractivity (Wildman–Crippen MR) is 101 cm³/mol. The first-order valence-electron chi connectivity index (χ1n) is 9.79. The van der Waals surface area contributed by atoms with Crippen molar-refractivity contribution in [3.8, 4) is 0 Å². The Labute approximate surface area is 160 Å². The van der Waals surface area contributed by atoms with E-state index in [0.717, 1.165) is 24.8 Å². The molecule has 2 amide bonds. The number of carbonyl (C=O) groups is 3. The average molecular weight is 372 g/mol. The largest absolute Gasteiger partial charge is 0.481 e. The first kappa shape index (κ1) is 19.4. The predicted octanol–water partition coefficient (Wildman–Crippen LogP) is 2.59. The number of rotatable bonds is 6.